The zero-order valence-corrected chi connectivity index (χ0v) is 9.61. The number of nitrogens with one attached hydrogen (secondary N) is 1. The molecule has 1 amide bonds. The second-order valence-electron chi connectivity index (χ2n) is 4.06. The van der Waals surface area contributed by atoms with Crippen molar-refractivity contribution in [3.63, 3.8) is 0 Å². The Labute approximate surface area is 98.5 Å². The molecular weight excluding hydrogens is 225 g/mol. The van der Waals surface area contributed by atoms with Crippen LogP contribution in [0.3, 0.4) is 0 Å². The molecule has 92 valence electrons. The van der Waals surface area contributed by atoms with Crippen LogP contribution in [-0.2, 0) is 9.59 Å². The van der Waals surface area contributed by atoms with E-state index in [1.807, 2.05) is 0 Å². The second kappa shape index (κ2) is 5.43. The first kappa shape index (κ1) is 13.2. The second-order valence-corrected chi connectivity index (χ2v) is 4.06. The van der Waals surface area contributed by atoms with Crippen LogP contribution in [0.2, 0.25) is 0 Å². The average Bonchev–Trinajstić information content (AvgIpc) is 2.15. The van der Waals surface area contributed by atoms with Gasteiger partial charge in [-0.25, -0.2) is 4.39 Å². The molecule has 0 saturated carbocycles. The Morgan fingerprint density at radius 2 is 2.00 bits per heavy atom. The zero-order valence-electron chi connectivity index (χ0n) is 9.61. The van der Waals surface area contributed by atoms with Crippen molar-refractivity contribution < 1.29 is 19.1 Å². The maximum atomic E-state index is 12.9. The molecule has 4 nitrogen and oxygen atoms in total. The SMILES string of the molecule is CC(C)C(C(=O)O)C(=O)Nc1cccc(F)c1. The van der Waals surface area contributed by atoms with Gasteiger partial charge in [0.2, 0.25) is 5.91 Å². The minimum atomic E-state index is -1.19. The fraction of sp³-hybridized carbons (Fsp3) is 0.333. The van der Waals surface area contributed by atoms with Crippen molar-refractivity contribution in [3.05, 3.63) is 30.1 Å². The number of amides is 1. The van der Waals surface area contributed by atoms with Gasteiger partial charge in [-0.15, -0.1) is 0 Å². The first-order valence-electron chi connectivity index (χ1n) is 5.21. The van der Waals surface area contributed by atoms with Crippen molar-refractivity contribution in [3.8, 4) is 0 Å². The molecule has 0 spiro atoms. The van der Waals surface area contributed by atoms with Gasteiger partial charge in [-0.05, 0) is 24.1 Å². The molecule has 0 bridgehead atoms. The molecule has 0 aliphatic rings. The molecule has 2 N–H and O–H groups in total. The Bertz CT molecular complexity index is 432. The highest BCUT2D eigenvalue weighted by Crippen LogP contribution is 2.15. The normalized spacial score (nSPS) is 12.2. The third-order valence-corrected chi connectivity index (χ3v) is 2.31. The van der Waals surface area contributed by atoms with Gasteiger partial charge in [0, 0.05) is 5.69 Å². The molecule has 0 heterocycles. The third kappa shape index (κ3) is 3.55. The zero-order chi connectivity index (χ0) is 13.0. The number of carboxylic acid groups (broad SMARTS) is 1. The van der Waals surface area contributed by atoms with Gasteiger partial charge >= 0.3 is 5.97 Å². The number of aliphatic carboxylic acids is 1. The third-order valence-electron chi connectivity index (χ3n) is 2.31. The van der Waals surface area contributed by atoms with Gasteiger partial charge in [-0.2, -0.15) is 0 Å². The van der Waals surface area contributed by atoms with Crippen LogP contribution in [0.4, 0.5) is 10.1 Å². The molecule has 1 aromatic carbocycles. The number of anilines is 1. The number of carbonyl (C=O) groups excluding carboxylic acids is 1. The maximum Gasteiger partial charge on any atom is 0.316 e. The van der Waals surface area contributed by atoms with Crippen LogP contribution in [0.1, 0.15) is 13.8 Å². The van der Waals surface area contributed by atoms with E-state index < -0.39 is 23.6 Å². The lowest BCUT2D eigenvalue weighted by Crippen LogP contribution is -2.33. The smallest absolute Gasteiger partial charge is 0.316 e. The summed E-state index contributed by atoms with van der Waals surface area (Å²) in [6.45, 7) is 3.29. The van der Waals surface area contributed by atoms with E-state index in [2.05, 4.69) is 5.32 Å². The standard InChI is InChI=1S/C12H14FNO3/c1-7(2)10(12(16)17)11(15)14-9-5-3-4-8(13)6-9/h3-7,10H,1-2H3,(H,14,15)(H,16,17). The first-order chi connectivity index (χ1) is 7.91. The Morgan fingerprint density at radius 1 is 1.35 bits per heavy atom. The lowest BCUT2D eigenvalue weighted by atomic mass is 9.95. The van der Waals surface area contributed by atoms with Crippen molar-refractivity contribution >= 4 is 17.6 Å². The van der Waals surface area contributed by atoms with Gasteiger partial charge in [0.05, 0.1) is 0 Å². The van der Waals surface area contributed by atoms with E-state index in [0.717, 1.165) is 6.07 Å². The molecule has 1 rings (SSSR count). The Hall–Kier alpha value is -1.91. The molecule has 1 atom stereocenters. The van der Waals surface area contributed by atoms with Gasteiger partial charge in [-0.1, -0.05) is 19.9 Å². The number of benzene rings is 1. The summed E-state index contributed by atoms with van der Waals surface area (Å²) in [6.07, 6.45) is 0. The fourth-order valence-corrected chi connectivity index (χ4v) is 1.49. The molecule has 17 heavy (non-hydrogen) atoms. The van der Waals surface area contributed by atoms with Gasteiger partial charge in [0.15, 0.2) is 0 Å². The molecular formula is C12H14FNO3. The largest absolute Gasteiger partial charge is 0.481 e. The molecule has 0 aromatic heterocycles. The number of halogens is 1. The van der Waals surface area contributed by atoms with E-state index in [4.69, 9.17) is 5.11 Å². The number of hydrogen-bond acceptors (Lipinski definition) is 2. The number of hydrogen-bond donors (Lipinski definition) is 2. The van der Waals surface area contributed by atoms with Crippen LogP contribution in [0.5, 0.6) is 0 Å². The van der Waals surface area contributed by atoms with E-state index in [1.165, 1.54) is 18.2 Å². The van der Waals surface area contributed by atoms with E-state index >= 15 is 0 Å². The topological polar surface area (TPSA) is 66.4 Å². The van der Waals surface area contributed by atoms with E-state index in [-0.39, 0.29) is 11.6 Å². The monoisotopic (exact) mass is 239 g/mol. The summed E-state index contributed by atoms with van der Waals surface area (Å²) in [5.74, 6) is -3.79. The molecule has 0 fully saturated rings. The summed E-state index contributed by atoms with van der Waals surface area (Å²) in [5, 5.41) is 11.3. The molecule has 0 aliphatic heterocycles. The highest BCUT2D eigenvalue weighted by Gasteiger charge is 2.29. The van der Waals surface area contributed by atoms with Crippen LogP contribution in [-0.4, -0.2) is 17.0 Å². The minimum Gasteiger partial charge on any atom is -0.481 e. The van der Waals surface area contributed by atoms with Crippen molar-refractivity contribution in [1.82, 2.24) is 0 Å². The van der Waals surface area contributed by atoms with Crippen molar-refractivity contribution in [2.45, 2.75) is 13.8 Å². The number of rotatable bonds is 4. The van der Waals surface area contributed by atoms with E-state index in [1.54, 1.807) is 13.8 Å². The predicted octanol–water partition coefficient (Wildman–Crippen LogP) is 2.12. The maximum absolute atomic E-state index is 12.9. The van der Waals surface area contributed by atoms with Crippen LogP contribution in [0.25, 0.3) is 0 Å². The molecule has 0 aliphatic carbocycles. The predicted molar refractivity (Wildman–Crippen MR) is 61.0 cm³/mol. The Kier molecular flexibility index (Phi) is 4.20. The summed E-state index contributed by atoms with van der Waals surface area (Å²) >= 11 is 0. The van der Waals surface area contributed by atoms with Crippen LogP contribution < -0.4 is 5.32 Å². The fourth-order valence-electron chi connectivity index (χ4n) is 1.49. The quantitative estimate of drug-likeness (QED) is 0.791. The van der Waals surface area contributed by atoms with Gasteiger partial charge in [0.1, 0.15) is 11.7 Å². The Morgan fingerprint density at radius 3 is 2.47 bits per heavy atom. The van der Waals surface area contributed by atoms with Gasteiger partial charge < -0.3 is 10.4 Å². The number of carbonyl (C=O) groups is 2. The van der Waals surface area contributed by atoms with Crippen LogP contribution in [0.15, 0.2) is 24.3 Å². The molecule has 1 aromatic rings. The van der Waals surface area contributed by atoms with Crippen molar-refractivity contribution in [2.24, 2.45) is 11.8 Å². The summed E-state index contributed by atoms with van der Waals surface area (Å²) in [4.78, 5) is 22.6. The van der Waals surface area contributed by atoms with E-state index in [0.29, 0.717) is 0 Å². The number of carboxylic acids is 1. The minimum absolute atomic E-state index is 0.252. The van der Waals surface area contributed by atoms with Gasteiger partial charge in [0.25, 0.3) is 0 Å². The molecule has 5 heteroatoms. The lowest BCUT2D eigenvalue weighted by Gasteiger charge is -2.15. The summed E-state index contributed by atoms with van der Waals surface area (Å²) < 4.78 is 12.9. The summed E-state index contributed by atoms with van der Waals surface area (Å²) in [6, 6.07) is 5.32. The van der Waals surface area contributed by atoms with Crippen LogP contribution in [0, 0.1) is 17.7 Å². The lowest BCUT2D eigenvalue weighted by molar-refractivity contribution is -0.147. The Balaban J connectivity index is 2.81. The molecule has 1 unspecified atom stereocenters. The highest BCUT2D eigenvalue weighted by atomic mass is 19.1. The van der Waals surface area contributed by atoms with Crippen molar-refractivity contribution in [2.75, 3.05) is 5.32 Å². The first-order valence-corrected chi connectivity index (χ1v) is 5.21. The average molecular weight is 239 g/mol. The van der Waals surface area contributed by atoms with Crippen molar-refractivity contribution in [1.29, 1.82) is 0 Å². The summed E-state index contributed by atoms with van der Waals surface area (Å²) in [7, 11) is 0. The van der Waals surface area contributed by atoms with Crippen LogP contribution >= 0.6 is 0 Å². The van der Waals surface area contributed by atoms with Gasteiger partial charge in [-0.3, -0.25) is 9.59 Å². The molecule has 0 radical (unpaired) electrons. The highest BCUT2D eigenvalue weighted by molar-refractivity contribution is 6.04. The molecule has 0 saturated heterocycles. The summed E-state index contributed by atoms with van der Waals surface area (Å²) in [5.41, 5.74) is 0.252. The van der Waals surface area contributed by atoms with E-state index in [9.17, 15) is 14.0 Å².